The summed E-state index contributed by atoms with van der Waals surface area (Å²) in [5, 5.41) is 0. The fraction of sp³-hybridized carbons (Fsp3) is 0. The molecule has 0 saturated heterocycles. The molecule has 9 aromatic rings. The maximum absolute atomic E-state index is 4.41. The summed E-state index contributed by atoms with van der Waals surface area (Å²) < 4.78 is 0. The largest absolute Gasteiger partial charge is 0.309 e. The van der Waals surface area contributed by atoms with Crippen LogP contribution in [0, 0.1) is 0 Å². The molecule has 3 nitrogen and oxygen atoms in total. The van der Waals surface area contributed by atoms with Crippen molar-refractivity contribution in [3.8, 4) is 66.8 Å². The number of para-hydroxylation sites is 3. The minimum atomic E-state index is 1.09. The smallest absolute Gasteiger partial charge is 0.0540 e. The van der Waals surface area contributed by atoms with Crippen LogP contribution in [-0.2, 0) is 0 Å². The lowest BCUT2D eigenvalue weighted by Crippen LogP contribution is -2.11. The lowest BCUT2D eigenvalue weighted by molar-refractivity contribution is 1.29. The molecule has 0 unspecified atom stereocenters. The number of rotatable bonds is 4. The van der Waals surface area contributed by atoms with Gasteiger partial charge in [0.05, 0.1) is 22.7 Å². The maximum atomic E-state index is 4.41. The second-order valence-corrected chi connectivity index (χ2v) is 14.4. The molecule has 0 N–H and O–H groups in total. The highest BCUT2D eigenvalue weighted by molar-refractivity contribution is 6.05. The van der Waals surface area contributed by atoms with Crippen molar-refractivity contribution < 1.29 is 0 Å². The Morgan fingerprint density at radius 3 is 1.25 bits per heavy atom. The monoisotopic (exact) mass is 713 g/mol. The van der Waals surface area contributed by atoms with Crippen molar-refractivity contribution in [1.82, 2.24) is 4.98 Å². The number of fused-ring (bicyclic) bond motifs is 10. The average Bonchev–Trinajstić information content (AvgIpc) is 3.48. The highest BCUT2D eigenvalue weighted by Gasteiger charge is 2.28. The first-order valence-corrected chi connectivity index (χ1v) is 19.1. The highest BCUT2D eigenvalue weighted by Crippen LogP contribution is 2.54. The van der Waals surface area contributed by atoms with Gasteiger partial charge in [0.25, 0.3) is 0 Å². The third kappa shape index (κ3) is 5.17. The van der Waals surface area contributed by atoms with E-state index in [1.54, 1.807) is 0 Å². The number of hydrogen-bond acceptors (Lipinski definition) is 3. The normalized spacial score (nSPS) is 12.2. The van der Waals surface area contributed by atoms with Crippen molar-refractivity contribution in [2.75, 3.05) is 9.80 Å². The van der Waals surface area contributed by atoms with Gasteiger partial charge in [0.1, 0.15) is 0 Å². The quantitative estimate of drug-likeness (QED) is 0.181. The van der Waals surface area contributed by atoms with Crippen LogP contribution in [0.1, 0.15) is 0 Å². The molecule has 3 heterocycles. The van der Waals surface area contributed by atoms with Crippen LogP contribution in [0.25, 0.3) is 66.8 Å². The zero-order valence-corrected chi connectivity index (χ0v) is 30.5. The Hall–Kier alpha value is -7.49. The van der Waals surface area contributed by atoms with E-state index in [0.717, 1.165) is 39.6 Å². The van der Waals surface area contributed by atoms with Gasteiger partial charge in [-0.3, -0.25) is 4.98 Å². The van der Waals surface area contributed by atoms with Gasteiger partial charge < -0.3 is 9.80 Å². The van der Waals surface area contributed by atoms with Gasteiger partial charge in [-0.15, -0.1) is 0 Å². The van der Waals surface area contributed by atoms with E-state index in [4.69, 9.17) is 0 Å². The van der Waals surface area contributed by atoms with Crippen LogP contribution >= 0.6 is 0 Å². The van der Waals surface area contributed by atoms with E-state index in [1.165, 1.54) is 61.3 Å². The third-order valence-electron chi connectivity index (χ3n) is 11.2. The minimum absolute atomic E-state index is 1.09. The third-order valence-corrected chi connectivity index (χ3v) is 11.2. The summed E-state index contributed by atoms with van der Waals surface area (Å²) in [7, 11) is 0. The molecule has 0 fully saturated rings. The molecular formula is C53H35N3. The fourth-order valence-electron chi connectivity index (χ4n) is 8.70. The van der Waals surface area contributed by atoms with Gasteiger partial charge in [-0.05, 0) is 106 Å². The Bertz CT molecular complexity index is 2930. The van der Waals surface area contributed by atoms with E-state index in [9.17, 15) is 0 Å². The zero-order chi connectivity index (χ0) is 37.0. The van der Waals surface area contributed by atoms with Gasteiger partial charge in [0.2, 0.25) is 0 Å². The topological polar surface area (TPSA) is 19.4 Å². The molecule has 2 aliphatic heterocycles. The Labute approximate surface area is 327 Å². The van der Waals surface area contributed by atoms with Gasteiger partial charge in [0.15, 0.2) is 0 Å². The Balaban J connectivity index is 1.12. The van der Waals surface area contributed by atoms with Crippen molar-refractivity contribution in [1.29, 1.82) is 0 Å². The molecule has 0 bridgehead atoms. The molecular weight excluding hydrogens is 679 g/mol. The van der Waals surface area contributed by atoms with Crippen molar-refractivity contribution in [3.63, 3.8) is 0 Å². The van der Waals surface area contributed by atoms with E-state index in [-0.39, 0.29) is 0 Å². The molecule has 11 rings (SSSR count). The molecule has 0 saturated carbocycles. The van der Waals surface area contributed by atoms with Gasteiger partial charge in [-0.1, -0.05) is 133 Å². The standard InChI is InChI=1S/C53H35N3/c1-2-16-40(17-3-1)55-50-25-10-8-23-46(50)42-19-4-6-21-44(42)48-33-37(27-29-52(48)55)38-28-30-53-49(34-38)45-22-7-5-20-43(45)47-24-9-11-26-51(47)56(53)41-18-12-14-36(32-41)39-15-13-31-54-35-39/h1-35H. The van der Waals surface area contributed by atoms with Gasteiger partial charge in [0, 0.05) is 51.6 Å². The molecule has 0 atom stereocenters. The van der Waals surface area contributed by atoms with E-state index in [2.05, 4.69) is 209 Å². The molecule has 0 radical (unpaired) electrons. The van der Waals surface area contributed by atoms with E-state index < -0.39 is 0 Å². The van der Waals surface area contributed by atoms with Crippen LogP contribution in [0.15, 0.2) is 213 Å². The fourth-order valence-corrected chi connectivity index (χ4v) is 8.70. The second-order valence-electron chi connectivity index (χ2n) is 14.4. The molecule has 3 heteroatoms. The summed E-state index contributed by atoms with van der Waals surface area (Å²) >= 11 is 0. The summed E-state index contributed by atoms with van der Waals surface area (Å²) in [5.74, 6) is 0. The molecule has 0 aliphatic carbocycles. The predicted octanol–water partition coefficient (Wildman–Crippen LogP) is 14.6. The molecule has 1 aromatic heterocycles. The average molecular weight is 714 g/mol. The first kappa shape index (κ1) is 32.0. The lowest BCUT2D eigenvalue weighted by atomic mass is 9.90. The highest BCUT2D eigenvalue weighted by atomic mass is 15.2. The molecule has 0 spiro atoms. The van der Waals surface area contributed by atoms with Crippen LogP contribution in [0.3, 0.4) is 0 Å². The van der Waals surface area contributed by atoms with Crippen LogP contribution in [-0.4, -0.2) is 4.98 Å². The molecule has 262 valence electrons. The van der Waals surface area contributed by atoms with E-state index >= 15 is 0 Å². The van der Waals surface area contributed by atoms with Gasteiger partial charge in [-0.25, -0.2) is 0 Å². The Kier molecular flexibility index (Phi) is 7.49. The zero-order valence-electron chi connectivity index (χ0n) is 30.5. The number of aromatic nitrogens is 1. The Morgan fingerprint density at radius 1 is 0.268 bits per heavy atom. The van der Waals surface area contributed by atoms with Gasteiger partial charge in [-0.2, -0.15) is 0 Å². The van der Waals surface area contributed by atoms with Gasteiger partial charge >= 0.3 is 0 Å². The summed E-state index contributed by atoms with van der Waals surface area (Å²) in [6.45, 7) is 0. The van der Waals surface area contributed by atoms with Crippen LogP contribution in [0.2, 0.25) is 0 Å². The lowest BCUT2D eigenvalue weighted by Gasteiger charge is -2.28. The number of anilines is 6. The molecule has 2 aliphatic rings. The predicted molar refractivity (Wildman–Crippen MR) is 233 cm³/mol. The number of nitrogens with zero attached hydrogens (tertiary/aromatic N) is 3. The first-order chi connectivity index (χ1) is 27.8. The van der Waals surface area contributed by atoms with Crippen molar-refractivity contribution in [2.24, 2.45) is 0 Å². The second kappa shape index (κ2) is 13.1. The summed E-state index contributed by atoms with van der Waals surface area (Å²) in [6.07, 6.45) is 3.76. The number of hydrogen-bond donors (Lipinski definition) is 0. The maximum Gasteiger partial charge on any atom is 0.0540 e. The van der Waals surface area contributed by atoms with Crippen LogP contribution < -0.4 is 9.80 Å². The summed E-state index contributed by atoms with van der Waals surface area (Å²) in [5.41, 5.74) is 21.1. The summed E-state index contributed by atoms with van der Waals surface area (Å²) in [4.78, 5) is 9.25. The Morgan fingerprint density at radius 2 is 0.696 bits per heavy atom. The van der Waals surface area contributed by atoms with E-state index in [0.29, 0.717) is 0 Å². The molecule has 8 aromatic carbocycles. The SMILES string of the molecule is c1ccc(N2c3ccccc3-c3ccccc3-c3cc(-c4ccc5c(c4)-c4ccccc4-c4ccccc4N5c4cccc(-c5cccnc5)c4)ccc32)cc1. The number of benzene rings is 8. The van der Waals surface area contributed by atoms with Crippen molar-refractivity contribution >= 4 is 34.1 Å². The van der Waals surface area contributed by atoms with Crippen LogP contribution in [0.4, 0.5) is 34.1 Å². The summed E-state index contributed by atoms with van der Waals surface area (Å²) in [6, 6.07) is 72.9. The molecule has 0 amide bonds. The van der Waals surface area contributed by atoms with Crippen molar-refractivity contribution in [3.05, 3.63) is 213 Å². The first-order valence-electron chi connectivity index (χ1n) is 19.1. The number of pyridine rings is 1. The van der Waals surface area contributed by atoms with E-state index in [1.807, 2.05) is 18.5 Å². The minimum Gasteiger partial charge on any atom is -0.309 e. The van der Waals surface area contributed by atoms with Crippen LogP contribution in [0.5, 0.6) is 0 Å². The molecule has 56 heavy (non-hydrogen) atoms. The van der Waals surface area contributed by atoms with Crippen molar-refractivity contribution in [2.45, 2.75) is 0 Å².